The molecule has 2 aromatic rings. The first-order chi connectivity index (χ1) is 9.17. The average Bonchev–Trinajstić information content (AvgIpc) is 2.70. The summed E-state index contributed by atoms with van der Waals surface area (Å²) in [4.78, 5) is 4.70. The molecule has 1 aliphatic carbocycles. The molecule has 1 saturated carbocycles. The summed E-state index contributed by atoms with van der Waals surface area (Å²) in [7, 11) is 0. The Hall–Kier alpha value is -1.02. The second-order valence-corrected chi connectivity index (χ2v) is 6.21. The summed E-state index contributed by atoms with van der Waals surface area (Å²) >= 11 is 6.09. The van der Waals surface area contributed by atoms with E-state index in [2.05, 4.69) is 36.6 Å². The minimum atomic E-state index is 0.485. The molecule has 102 valence electrons. The Bertz CT molecular complexity index is 591. The Morgan fingerprint density at radius 2 is 2.16 bits per heavy atom. The fraction of sp³-hybridized carbons (Fsp3) is 0.562. The number of aryl methyl sites for hydroxylation is 1. The standard InChI is InChI=1S/C16H21ClN2/c1-3-16(7-4-8-16)11-19-14-6-5-12(2)9-13(14)18-15(19)10-17/h5-6,9H,3-4,7-8,10-11H2,1-2H3. The van der Waals surface area contributed by atoms with Gasteiger partial charge in [-0.25, -0.2) is 4.98 Å². The maximum absolute atomic E-state index is 6.09. The van der Waals surface area contributed by atoms with Crippen LogP contribution in [0.3, 0.4) is 0 Å². The van der Waals surface area contributed by atoms with Crippen LogP contribution in [-0.4, -0.2) is 9.55 Å². The molecule has 0 N–H and O–H groups in total. The molecule has 3 rings (SSSR count). The molecule has 1 fully saturated rings. The summed E-state index contributed by atoms with van der Waals surface area (Å²) in [6, 6.07) is 6.51. The van der Waals surface area contributed by atoms with Gasteiger partial charge in [-0.05, 0) is 49.3 Å². The lowest BCUT2D eigenvalue weighted by molar-refractivity contribution is 0.101. The Balaban J connectivity index is 2.05. The van der Waals surface area contributed by atoms with Gasteiger partial charge in [0.25, 0.3) is 0 Å². The summed E-state index contributed by atoms with van der Waals surface area (Å²) in [5.74, 6) is 1.51. The maximum atomic E-state index is 6.09. The predicted molar refractivity (Wildman–Crippen MR) is 80.6 cm³/mol. The number of aromatic nitrogens is 2. The van der Waals surface area contributed by atoms with Gasteiger partial charge < -0.3 is 4.57 Å². The number of alkyl halides is 1. The highest BCUT2D eigenvalue weighted by molar-refractivity contribution is 6.16. The van der Waals surface area contributed by atoms with Crippen LogP contribution in [0.1, 0.15) is 44.0 Å². The molecule has 0 bridgehead atoms. The van der Waals surface area contributed by atoms with Crippen molar-refractivity contribution in [3.05, 3.63) is 29.6 Å². The first kappa shape index (κ1) is 13.0. The molecule has 1 aromatic heterocycles. The molecule has 1 aliphatic rings. The van der Waals surface area contributed by atoms with Gasteiger partial charge in [0.05, 0.1) is 16.9 Å². The minimum Gasteiger partial charge on any atom is -0.326 e. The van der Waals surface area contributed by atoms with Crippen LogP contribution in [0.5, 0.6) is 0 Å². The molecule has 0 aliphatic heterocycles. The van der Waals surface area contributed by atoms with Gasteiger partial charge in [0.2, 0.25) is 0 Å². The largest absolute Gasteiger partial charge is 0.326 e. The summed E-state index contributed by atoms with van der Waals surface area (Å²) in [6.07, 6.45) is 5.31. The molecule has 0 amide bonds. The molecule has 19 heavy (non-hydrogen) atoms. The van der Waals surface area contributed by atoms with Crippen LogP contribution < -0.4 is 0 Å². The van der Waals surface area contributed by atoms with Crippen molar-refractivity contribution < 1.29 is 0 Å². The van der Waals surface area contributed by atoms with Crippen LogP contribution in [0.15, 0.2) is 18.2 Å². The van der Waals surface area contributed by atoms with Crippen LogP contribution in [0, 0.1) is 12.3 Å². The molecule has 0 spiro atoms. The van der Waals surface area contributed by atoms with Crippen molar-refractivity contribution >= 4 is 22.6 Å². The van der Waals surface area contributed by atoms with Crippen LogP contribution in [0.25, 0.3) is 11.0 Å². The zero-order valence-electron chi connectivity index (χ0n) is 11.7. The minimum absolute atomic E-state index is 0.485. The normalized spacial score (nSPS) is 17.6. The van der Waals surface area contributed by atoms with E-state index < -0.39 is 0 Å². The van der Waals surface area contributed by atoms with E-state index in [1.54, 1.807) is 0 Å². The third-order valence-electron chi connectivity index (χ3n) is 4.76. The lowest BCUT2D eigenvalue weighted by Gasteiger charge is -2.42. The number of imidazole rings is 1. The lowest BCUT2D eigenvalue weighted by atomic mass is 9.67. The maximum Gasteiger partial charge on any atom is 0.124 e. The summed E-state index contributed by atoms with van der Waals surface area (Å²) < 4.78 is 2.35. The van der Waals surface area contributed by atoms with Gasteiger partial charge in [-0.15, -0.1) is 11.6 Å². The van der Waals surface area contributed by atoms with Gasteiger partial charge in [-0.3, -0.25) is 0 Å². The number of nitrogens with zero attached hydrogens (tertiary/aromatic N) is 2. The first-order valence-corrected chi connectivity index (χ1v) is 7.73. The number of hydrogen-bond donors (Lipinski definition) is 0. The monoisotopic (exact) mass is 276 g/mol. The zero-order chi connectivity index (χ0) is 13.5. The highest BCUT2D eigenvalue weighted by atomic mass is 35.5. The third-order valence-corrected chi connectivity index (χ3v) is 5.00. The molecular formula is C16H21ClN2. The molecule has 0 saturated heterocycles. The SMILES string of the molecule is CCC1(Cn2c(CCl)nc3cc(C)ccc32)CCC1. The van der Waals surface area contributed by atoms with E-state index in [-0.39, 0.29) is 0 Å². The highest BCUT2D eigenvalue weighted by Crippen LogP contribution is 2.45. The number of halogens is 1. The van der Waals surface area contributed by atoms with Gasteiger partial charge in [0.1, 0.15) is 5.82 Å². The summed E-state index contributed by atoms with van der Waals surface area (Å²) in [5, 5.41) is 0. The van der Waals surface area contributed by atoms with Crippen molar-refractivity contribution in [3.63, 3.8) is 0 Å². The van der Waals surface area contributed by atoms with E-state index in [1.807, 2.05) is 0 Å². The van der Waals surface area contributed by atoms with Gasteiger partial charge in [-0.2, -0.15) is 0 Å². The predicted octanol–water partition coefficient (Wildman–Crippen LogP) is 4.66. The molecule has 0 radical (unpaired) electrons. The average molecular weight is 277 g/mol. The Labute approximate surface area is 119 Å². The topological polar surface area (TPSA) is 17.8 Å². The first-order valence-electron chi connectivity index (χ1n) is 7.19. The fourth-order valence-corrected chi connectivity index (χ4v) is 3.41. The van der Waals surface area contributed by atoms with Crippen LogP contribution >= 0.6 is 11.6 Å². The fourth-order valence-electron chi connectivity index (χ4n) is 3.20. The molecule has 0 atom stereocenters. The second kappa shape index (κ2) is 4.82. The van der Waals surface area contributed by atoms with Crippen LogP contribution in [-0.2, 0) is 12.4 Å². The van der Waals surface area contributed by atoms with Crippen molar-refractivity contribution in [3.8, 4) is 0 Å². The Morgan fingerprint density at radius 3 is 2.74 bits per heavy atom. The number of fused-ring (bicyclic) bond motifs is 1. The molecule has 2 nitrogen and oxygen atoms in total. The third kappa shape index (κ3) is 2.16. The molecule has 0 unspecified atom stereocenters. The van der Waals surface area contributed by atoms with E-state index in [1.165, 1.54) is 36.8 Å². The molecule has 1 aromatic carbocycles. The zero-order valence-corrected chi connectivity index (χ0v) is 12.5. The number of rotatable bonds is 4. The Kier molecular flexibility index (Phi) is 3.30. The summed E-state index contributed by atoms with van der Waals surface area (Å²) in [6.45, 7) is 5.49. The van der Waals surface area contributed by atoms with Crippen molar-refractivity contribution in [1.82, 2.24) is 9.55 Å². The highest BCUT2D eigenvalue weighted by Gasteiger charge is 2.36. The van der Waals surface area contributed by atoms with Gasteiger partial charge >= 0.3 is 0 Å². The van der Waals surface area contributed by atoms with Gasteiger partial charge in [0.15, 0.2) is 0 Å². The smallest absolute Gasteiger partial charge is 0.124 e. The van der Waals surface area contributed by atoms with Gasteiger partial charge in [0, 0.05) is 6.54 Å². The van der Waals surface area contributed by atoms with Crippen molar-refractivity contribution in [2.24, 2.45) is 5.41 Å². The van der Waals surface area contributed by atoms with Gasteiger partial charge in [-0.1, -0.05) is 19.4 Å². The van der Waals surface area contributed by atoms with Crippen molar-refractivity contribution in [2.45, 2.75) is 52.0 Å². The van der Waals surface area contributed by atoms with E-state index in [0.29, 0.717) is 11.3 Å². The Morgan fingerprint density at radius 1 is 1.37 bits per heavy atom. The summed E-state index contributed by atoms with van der Waals surface area (Å²) in [5.41, 5.74) is 4.06. The molecule has 3 heteroatoms. The second-order valence-electron chi connectivity index (χ2n) is 5.95. The van der Waals surface area contributed by atoms with Crippen molar-refractivity contribution in [1.29, 1.82) is 0 Å². The quantitative estimate of drug-likeness (QED) is 0.743. The van der Waals surface area contributed by atoms with Crippen LogP contribution in [0.2, 0.25) is 0 Å². The van der Waals surface area contributed by atoms with E-state index in [0.717, 1.165) is 17.9 Å². The van der Waals surface area contributed by atoms with E-state index >= 15 is 0 Å². The van der Waals surface area contributed by atoms with E-state index in [9.17, 15) is 0 Å². The molecular weight excluding hydrogens is 256 g/mol. The number of benzene rings is 1. The lowest BCUT2D eigenvalue weighted by Crippen LogP contribution is -2.33. The van der Waals surface area contributed by atoms with E-state index in [4.69, 9.17) is 16.6 Å². The number of hydrogen-bond acceptors (Lipinski definition) is 1. The van der Waals surface area contributed by atoms with Crippen LogP contribution in [0.4, 0.5) is 0 Å². The molecule has 1 heterocycles. The van der Waals surface area contributed by atoms with Crippen molar-refractivity contribution in [2.75, 3.05) is 0 Å².